The Bertz CT molecular complexity index is 2360. The second-order valence-corrected chi connectivity index (χ2v) is 16.9. The van der Waals surface area contributed by atoms with Gasteiger partial charge in [-0.1, -0.05) is 6.07 Å². The fourth-order valence-corrected chi connectivity index (χ4v) is 9.30. The molecule has 0 bridgehead atoms. The van der Waals surface area contributed by atoms with E-state index in [1.165, 1.54) is 15.5 Å². The van der Waals surface area contributed by atoms with Gasteiger partial charge >= 0.3 is 0 Å². The Hall–Kier alpha value is -5.39. The van der Waals surface area contributed by atoms with Crippen molar-refractivity contribution in [3.05, 3.63) is 74.5 Å². The van der Waals surface area contributed by atoms with Crippen LogP contribution in [0.1, 0.15) is 69.7 Å². The number of halogens is 2. The van der Waals surface area contributed by atoms with Crippen LogP contribution in [0.5, 0.6) is 17.2 Å². The van der Waals surface area contributed by atoms with Crippen LogP contribution in [0.2, 0.25) is 0 Å². The molecule has 17 heteroatoms. The molecule has 3 aliphatic rings. The summed E-state index contributed by atoms with van der Waals surface area (Å²) in [6.45, 7) is 1.61. The van der Waals surface area contributed by atoms with Gasteiger partial charge in [0.1, 0.15) is 23.3 Å². The molecule has 2 atom stereocenters. The molecule has 2 aromatic carbocycles. The Kier molecular flexibility index (Phi) is 12.6. The van der Waals surface area contributed by atoms with Crippen molar-refractivity contribution >= 4 is 45.1 Å². The lowest BCUT2D eigenvalue weighted by Gasteiger charge is -2.38. The molecule has 3 aliphatic heterocycles. The maximum atomic E-state index is 15.5. The maximum absolute atomic E-state index is 15.5. The molecule has 2 unspecified atom stereocenters. The summed E-state index contributed by atoms with van der Waals surface area (Å²) in [6, 6.07) is 8.43. The molecule has 4 aromatic rings. The van der Waals surface area contributed by atoms with Gasteiger partial charge in [0.15, 0.2) is 0 Å². The molecule has 14 nitrogen and oxygen atoms in total. The number of piperidine rings is 2. The third-order valence-corrected chi connectivity index (χ3v) is 12.5. The van der Waals surface area contributed by atoms with E-state index in [0.717, 1.165) is 28.9 Å². The van der Waals surface area contributed by atoms with E-state index in [1.807, 2.05) is 37.2 Å². The number of benzene rings is 2. The Morgan fingerprint density at radius 1 is 1.00 bits per heavy atom. The minimum atomic E-state index is -3.17. The van der Waals surface area contributed by atoms with E-state index in [9.17, 15) is 24.0 Å². The van der Waals surface area contributed by atoms with Crippen molar-refractivity contribution in [2.24, 2.45) is 7.05 Å². The Balaban J connectivity index is 0.907. The van der Waals surface area contributed by atoms with E-state index >= 15 is 8.78 Å². The predicted octanol–water partition coefficient (Wildman–Crippen LogP) is 4.80. The minimum Gasteiger partial charge on any atom is -0.496 e. The van der Waals surface area contributed by atoms with E-state index in [2.05, 4.69) is 10.6 Å². The second-order valence-electron chi connectivity index (χ2n) is 15.9. The molecular formula is C43H50F2N6O8S. The van der Waals surface area contributed by atoms with Gasteiger partial charge in [0.2, 0.25) is 11.8 Å². The molecule has 60 heavy (non-hydrogen) atoms. The van der Waals surface area contributed by atoms with Crippen molar-refractivity contribution in [2.75, 3.05) is 54.6 Å². The zero-order valence-electron chi connectivity index (χ0n) is 34.4. The van der Waals surface area contributed by atoms with Crippen LogP contribution in [0, 0.1) is 0 Å². The summed E-state index contributed by atoms with van der Waals surface area (Å²) in [4.78, 5) is 69.1. The van der Waals surface area contributed by atoms with Crippen molar-refractivity contribution in [2.45, 2.75) is 69.6 Å². The van der Waals surface area contributed by atoms with E-state index in [1.54, 1.807) is 44.5 Å². The molecule has 2 fully saturated rings. The predicted molar refractivity (Wildman–Crippen MR) is 222 cm³/mol. The molecule has 0 radical (unpaired) electrons. The molecule has 7 rings (SSSR count). The van der Waals surface area contributed by atoms with Crippen LogP contribution in [-0.4, -0.2) is 115 Å². The lowest BCUT2D eigenvalue weighted by Crippen LogP contribution is -2.58. The standard InChI is InChI=1S/C43H50F2N6O8S/c1-48(2)22-31-33(57-4)17-26(18-34(31)58-5)30-23-49(3)41(55)29-20-35(60-38(29)30)40(54)46-36-13-15-50(24-43(36,44)45)14-7-6-8-16-59-27-10-9-25-21-51(42(56)28(25)19-27)32-11-12-37(52)47-39(32)53/h9-10,17-20,23,32,36H,6-8,11-16,21-22,24H2,1-5H3,(H,46,54)(H,47,52,53). The van der Waals surface area contributed by atoms with E-state index < -0.39 is 36.4 Å². The van der Waals surface area contributed by atoms with Crippen molar-refractivity contribution in [1.29, 1.82) is 0 Å². The first-order chi connectivity index (χ1) is 28.7. The monoisotopic (exact) mass is 848 g/mol. The number of carbonyl (C=O) groups excluding carboxylic acids is 4. The molecule has 320 valence electrons. The lowest BCUT2D eigenvalue weighted by molar-refractivity contribution is -0.136. The number of hydrogen-bond acceptors (Lipinski definition) is 11. The topological polar surface area (TPSA) is 152 Å². The highest BCUT2D eigenvalue weighted by Crippen LogP contribution is 2.40. The van der Waals surface area contributed by atoms with E-state index in [4.69, 9.17) is 14.2 Å². The van der Waals surface area contributed by atoms with Crippen molar-refractivity contribution < 1.29 is 42.2 Å². The highest BCUT2D eigenvalue weighted by molar-refractivity contribution is 7.21. The molecule has 4 amide bonds. The van der Waals surface area contributed by atoms with E-state index in [-0.39, 0.29) is 35.1 Å². The molecule has 0 spiro atoms. The van der Waals surface area contributed by atoms with Crippen molar-refractivity contribution in [3.63, 3.8) is 0 Å². The van der Waals surface area contributed by atoms with Crippen molar-refractivity contribution in [1.82, 2.24) is 29.9 Å². The van der Waals surface area contributed by atoms with Gasteiger partial charge in [-0.15, -0.1) is 11.3 Å². The summed E-state index contributed by atoms with van der Waals surface area (Å²) in [5.41, 5.74) is 3.20. The van der Waals surface area contributed by atoms with Crippen molar-refractivity contribution in [3.8, 4) is 28.4 Å². The quantitative estimate of drug-likeness (QED) is 0.126. The fraction of sp³-hybridized carbons (Fsp3) is 0.465. The van der Waals surface area contributed by atoms with Gasteiger partial charge in [0.25, 0.3) is 23.3 Å². The highest BCUT2D eigenvalue weighted by atomic mass is 32.1. The number of methoxy groups -OCH3 is 2. The molecule has 5 heterocycles. The number of imide groups is 1. The van der Waals surface area contributed by atoms with Gasteiger partial charge in [-0.25, -0.2) is 8.78 Å². The number of thiophene rings is 1. The highest BCUT2D eigenvalue weighted by Gasteiger charge is 2.45. The van der Waals surface area contributed by atoms with Gasteiger partial charge in [0.05, 0.1) is 49.2 Å². The summed E-state index contributed by atoms with van der Waals surface area (Å²) in [7, 11) is 8.66. The maximum Gasteiger partial charge on any atom is 0.280 e. The van der Waals surface area contributed by atoms with Crippen LogP contribution < -0.4 is 30.4 Å². The average Bonchev–Trinajstić information content (AvgIpc) is 3.80. The number of fused-ring (bicyclic) bond motifs is 2. The fourth-order valence-electron chi connectivity index (χ4n) is 8.22. The average molecular weight is 849 g/mol. The molecule has 2 N–H and O–H groups in total. The second kappa shape index (κ2) is 17.7. The van der Waals surface area contributed by atoms with Crippen LogP contribution in [0.15, 0.2) is 47.4 Å². The van der Waals surface area contributed by atoms with Gasteiger partial charge in [-0.2, -0.15) is 0 Å². The summed E-state index contributed by atoms with van der Waals surface area (Å²) >= 11 is 1.09. The number of ether oxygens (including phenoxy) is 3. The molecule has 0 saturated carbocycles. The number of aromatic nitrogens is 1. The number of hydrogen-bond donors (Lipinski definition) is 2. The number of rotatable bonds is 15. The number of aryl methyl sites for hydroxylation is 1. The number of likely N-dealkylation sites (tertiary alicyclic amines) is 1. The SMILES string of the molecule is COc1cc(-c2cn(C)c(=O)c3cc(C(=O)NC4CCN(CCCCCOc5ccc6c(c5)C(=O)N(C5CCC(=O)NC5=O)C6)CC4(F)F)sc23)cc(OC)c1CN(C)C. The first-order valence-corrected chi connectivity index (χ1v) is 20.8. The number of carbonyl (C=O) groups is 4. The van der Waals surface area contributed by atoms with Gasteiger partial charge in [-0.3, -0.25) is 34.2 Å². The first-order valence-electron chi connectivity index (χ1n) is 20.0. The van der Waals surface area contributed by atoms with Gasteiger partial charge in [0, 0.05) is 55.1 Å². The zero-order valence-corrected chi connectivity index (χ0v) is 35.2. The zero-order chi connectivity index (χ0) is 42.9. The number of amides is 4. The molecular weight excluding hydrogens is 799 g/mol. The Morgan fingerprint density at radius 3 is 2.43 bits per heavy atom. The van der Waals surface area contributed by atoms with Gasteiger partial charge in [-0.05, 0) is 94.2 Å². The first kappa shape index (κ1) is 42.7. The lowest BCUT2D eigenvalue weighted by atomic mass is 10.00. The summed E-state index contributed by atoms with van der Waals surface area (Å²) < 4.78 is 50.4. The number of unbranched alkanes of at least 4 members (excludes halogenated alkanes) is 2. The summed E-state index contributed by atoms with van der Waals surface area (Å²) in [6.07, 6.45) is 4.33. The van der Waals surface area contributed by atoms with Crippen LogP contribution >= 0.6 is 11.3 Å². The number of alkyl halides is 2. The number of nitrogens with one attached hydrogen (secondary N) is 2. The van der Waals surface area contributed by atoms with Gasteiger partial charge < -0.3 is 33.9 Å². The minimum absolute atomic E-state index is 0.0661. The third-order valence-electron chi connectivity index (χ3n) is 11.3. The van der Waals surface area contributed by atoms with Crippen LogP contribution in [0.3, 0.4) is 0 Å². The Labute approximate surface area is 350 Å². The van der Waals surface area contributed by atoms with Crippen LogP contribution in [0.25, 0.3) is 21.2 Å². The molecule has 0 aliphatic carbocycles. The summed E-state index contributed by atoms with van der Waals surface area (Å²) in [5, 5.41) is 5.19. The number of nitrogens with zero attached hydrogens (tertiary/aromatic N) is 4. The normalized spacial score (nSPS) is 19.1. The van der Waals surface area contributed by atoms with E-state index in [0.29, 0.717) is 96.1 Å². The molecule has 2 aromatic heterocycles. The smallest absolute Gasteiger partial charge is 0.280 e. The number of pyridine rings is 1. The van der Waals surface area contributed by atoms with Crippen LogP contribution in [0.4, 0.5) is 8.78 Å². The largest absolute Gasteiger partial charge is 0.496 e. The molecule has 2 saturated heterocycles. The summed E-state index contributed by atoms with van der Waals surface area (Å²) in [5.74, 6) is -3.16. The third kappa shape index (κ3) is 8.88. The van der Waals surface area contributed by atoms with Crippen LogP contribution in [-0.2, 0) is 29.7 Å². The Morgan fingerprint density at radius 2 is 1.75 bits per heavy atom.